The molecule has 0 aliphatic carbocycles. The van der Waals surface area contributed by atoms with Crippen LogP contribution in [-0.2, 0) is 13.5 Å². The van der Waals surface area contributed by atoms with Gasteiger partial charge in [-0.3, -0.25) is 9.58 Å². The molecule has 1 N–H and O–H groups in total. The van der Waals surface area contributed by atoms with Crippen molar-refractivity contribution in [3.63, 3.8) is 0 Å². The van der Waals surface area contributed by atoms with Gasteiger partial charge in [-0.1, -0.05) is 0 Å². The van der Waals surface area contributed by atoms with Gasteiger partial charge < -0.3 is 5.32 Å². The largest absolute Gasteiger partial charge is 0.311 e. The van der Waals surface area contributed by atoms with E-state index in [1.165, 1.54) is 5.56 Å². The summed E-state index contributed by atoms with van der Waals surface area (Å²) in [5.74, 6) is 0. The molecule has 0 aromatic carbocycles. The van der Waals surface area contributed by atoms with E-state index in [-0.39, 0.29) is 5.54 Å². The van der Waals surface area contributed by atoms with Crippen LogP contribution in [0.25, 0.3) is 0 Å². The van der Waals surface area contributed by atoms with Crippen molar-refractivity contribution in [1.29, 1.82) is 0 Å². The fourth-order valence-corrected chi connectivity index (χ4v) is 2.44. The van der Waals surface area contributed by atoms with Crippen LogP contribution in [0.3, 0.4) is 0 Å². The Kier molecular flexibility index (Phi) is 3.54. The summed E-state index contributed by atoms with van der Waals surface area (Å²) in [6.45, 7) is 10.2. The molecule has 0 amide bonds. The van der Waals surface area contributed by atoms with Crippen LogP contribution >= 0.6 is 0 Å². The average Bonchev–Trinajstić information content (AvgIpc) is 2.66. The minimum atomic E-state index is 0.259. The zero-order chi connectivity index (χ0) is 12.5. The van der Waals surface area contributed by atoms with Crippen molar-refractivity contribution in [3.8, 4) is 0 Å². The Balaban J connectivity index is 1.92. The first kappa shape index (κ1) is 12.6. The van der Waals surface area contributed by atoms with Crippen molar-refractivity contribution >= 4 is 0 Å². The molecule has 1 aromatic rings. The van der Waals surface area contributed by atoms with Gasteiger partial charge in [0.05, 0.1) is 6.20 Å². The molecule has 4 nitrogen and oxygen atoms in total. The van der Waals surface area contributed by atoms with Crippen molar-refractivity contribution in [2.45, 2.75) is 38.8 Å². The lowest BCUT2D eigenvalue weighted by Gasteiger charge is -2.45. The van der Waals surface area contributed by atoms with Crippen LogP contribution in [0.5, 0.6) is 0 Å². The predicted molar refractivity (Wildman–Crippen MR) is 70.0 cm³/mol. The maximum Gasteiger partial charge on any atom is 0.0522 e. The molecule has 2 heterocycles. The lowest BCUT2D eigenvalue weighted by atomic mass is 9.97. The highest BCUT2D eigenvalue weighted by atomic mass is 15.3. The Morgan fingerprint density at radius 1 is 1.53 bits per heavy atom. The van der Waals surface area contributed by atoms with E-state index in [4.69, 9.17) is 0 Å². The van der Waals surface area contributed by atoms with Gasteiger partial charge in [0.1, 0.15) is 0 Å². The van der Waals surface area contributed by atoms with Gasteiger partial charge in [-0.25, -0.2) is 0 Å². The summed E-state index contributed by atoms with van der Waals surface area (Å²) in [5, 5.41) is 7.76. The van der Waals surface area contributed by atoms with E-state index in [2.05, 4.69) is 42.3 Å². The maximum atomic E-state index is 4.22. The van der Waals surface area contributed by atoms with Crippen LogP contribution in [0.4, 0.5) is 0 Å². The summed E-state index contributed by atoms with van der Waals surface area (Å²) < 4.78 is 1.88. The highest BCUT2D eigenvalue weighted by Crippen LogP contribution is 2.18. The van der Waals surface area contributed by atoms with Crippen LogP contribution < -0.4 is 5.32 Å². The van der Waals surface area contributed by atoms with E-state index in [1.54, 1.807) is 0 Å². The molecule has 0 bridgehead atoms. The third-order valence-corrected chi connectivity index (χ3v) is 3.66. The van der Waals surface area contributed by atoms with Gasteiger partial charge in [-0.05, 0) is 32.8 Å². The number of hydrogen-bond acceptors (Lipinski definition) is 3. The summed E-state index contributed by atoms with van der Waals surface area (Å²) in [6, 6.07) is 0.594. The Morgan fingerprint density at radius 3 is 2.94 bits per heavy atom. The quantitative estimate of drug-likeness (QED) is 0.851. The van der Waals surface area contributed by atoms with Gasteiger partial charge >= 0.3 is 0 Å². The molecular weight excluding hydrogens is 212 g/mol. The fourth-order valence-electron chi connectivity index (χ4n) is 2.44. The molecule has 0 radical (unpaired) electrons. The van der Waals surface area contributed by atoms with Gasteiger partial charge in [-0.15, -0.1) is 0 Å². The summed E-state index contributed by atoms with van der Waals surface area (Å²) in [5.41, 5.74) is 1.59. The van der Waals surface area contributed by atoms with Crippen molar-refractivity contribution in [2.24, 2.45) is 7.05 Å². The third kappa shape index (κ3) is 3.07. The standard InChI is InChI=1S/C13H24N4/c1-11-8-17(13(2,3)10-14-11)6-5-12-7-15-16(4)9-12/h7,9,11,14H,5-6,8,10H2,1-4H3. The number of nitrogens with one attached hydrogen (secondary N) is 1. The molecule has 1 fully saturated rings. The minimum Gasteiger partial charge on any atom is -0.311 e. The molecule has 0 saturated carbocycles. The fraction of sp³-hybridized carbons (Fsp3) is 0.769. The van der Waals surface area contributed by atoms with E-state index in [0.717, 1.165) is 26.1 Å². The van der Waals surface area contributed by atoms with Gasteiger partial charge in [0, 0.05) is 44.5 Å². The molecule has 1 aromatic heterocycles. The second-order valence-corrected chi connectivity index (χ2v) is 5.81. The predicted octanol–water partition coefficient (Wildman–Crippen LogP) is 1.03. The van der Waals surface area contributed by atoms with E-state index in [9.17, 15) is 0 Å². The van der Waals surface area contributed by atoms with Gasteiger partial charge in [0.15, 0.2) is 0 Å². The molecule has 17 heavy (non-hydrogen) atoms. The van der Waals surface area contributed by atoms with E-state index >= 15 is 0 Å². The zero-order valence-electron chi connectivity index (χ0n) is 11.4. The summed E-state index contributed by atoms with van der Waals surface area (Å²) in [6.07, 6.45) is 5.17. The monoisotopic (exact) mass is 236 g/mol. The first-order chi connectivity index (χ1) is 7.97. The smallest absolute Gasteiger partial charge is 0.0522 e. The van der Waals surface area contributed by atoms with Crippen molar-refractivity contribution in [2.75, 3.05) is 19.6 Å². The van der Waals surface area contributed by atoms with Crippen LogP contribution in [-0.4, -0.2) is 45.9 Å². The molecule has 2 rings (SSSR count). The van der Waals surface area contributed by atoms with Crippen LogP contribution in [0.2, 0.25) is 0 Å². The van der Waals surface area contributed by atoms with E-state index in [1.807, 2.05) is 17.9 Å². The third-order valence-electron chi connectivity index (χ3n) is 3.66. The zero-order valence-corrected chi connectivity index (χ0v) is 11.4. The molecular formula is C13H24N4. The van der Waals surface area contributed by atoms with Gasteiger partial charge in [0.2, 0.25) is 0 Å². The number of nitrogens with zero attached hydrogens (tertiary/aromatic N) is 3. The second-order valence-electron chi connectivity index (χ2n) is 5.81. The van der Waals surface area contributed by atoms with Crippen LogP contribution in [0.15, 0.2) is 12.4 Å². The molecule has 1 aliphatic rings. The lowest BCUT2D eigenvalue weighted by molar-refractivity contribution is 0.0715. The van der Waals surface area contributed by atoms with E-state index in [0.29, 0.717) is 6.04 Å². The van der Waals surface area contributed by atoms with Crippen molar-refractivity contribution in [3.05, 3.63) is 18.0 Å². The molecule has 1 aliphatic heterocycles. The highest BCUT2D eigenvalue weighted by Gasteiger charge is 2.31. The number of hydrogen-bond donors (Lipinski definition) is 1. The number of aryl methyl sites for hydroxylation is 1. The SMILES string of the molecule is CC1CN(CCc2cnn(C)c2)C(C)(C)CN1. The van der Waals surface area contributed by atoms with Gasteiger partial charge in [-0.2, -0.15) is 5.10 Å². The van der Waals surface area contributed by atoms with Crippen molar-refractivity contribution in [1.82, 2.24) is 20.0 Å². The molecule has 96 valence electrons. The Morgan fingerprint density at radius 2 is 2.29 bits per heavy atom. The molecule has 0 spiro atoms. The van der Waals surface area contributed by atoms with Crippen LogP contribution in [0.1, 0.15) is 26.3 Å². The normalized spacial score (nSPS) is 25.1. The molecule has 1 unspecified atom stereocenters. The maximum absolute atomic E-state index is 4.22. The molecule has 1 saturated heterocycles. The lowest BCUT2D eigenvalue weighted by Crippen LogP contribution is -2.61. The molecule has 1 atom stereocenters. The summed E-state index contributed by atoms with van der Waals surface area (Å²) in [4.78, 5) is 2.58. The number of piperazine rings is 1. The Bertz CT molecular complexity index is 369. The average molecular weight is 236 g/mol. The molecule has 4 heteroatoms. The first-order valence-electron chi connectivity index (χ1n) is 6.43. The number of aromatic nitrogens is 2. The second kappa shape index (κ2) is 4.78. The van der Waals surface area contributed by atoms with Crippen molar-refractivity contribution < 1.29 is 0 Å². The van der Waals surface area contributed by atoms with Crippen LogP contribution in [0, 0.1) is 0 Å². The van der Waals surface area contributed by atoms with Gasteiger partial charge in [0.25, 0.3) is 0 Å². The Hall–Kier alpha value is -0.870. The Labute approximate surface area is 104 Å². The minimum absolute atomic E-state index is 0.259. The highest BCUT2D eigenvalue weighted by molar-refractivity contribution is 5.05. The van der Waals surface area contributed by atoms with E-state index < -0.39 is 0 Å². The summed E-state index contributed by atoms with van der Waals surface area (Å²) >= 11 is 0. The topological polar surface area (TPSA) is 33.1 Å². The first-order valence-corrected chi connectivity index (χ1v) is 6.43. The number of rotatable bonds is 3. The summed E-state index contributed by atoms with van der Waals surface area (Å²) in [7, 11) is 1.97.